The summed E-state index contributed by atoms with van der Waals surface area (Å²) in [6.07, 6.45) is 3.09. The number of aryl methyl sites for hydroxylation is 1. The zero-order chi connectivity index (χ0) is 22.3. The van der Waals surface area contributed by atoms with Crippen LogP contribution in [0.1, 0.15) is 29.2 Å². The largest absolute Gasteiger partial charge is 0.492 e. The number of anilines is 1. The maximum Gasteiger partial charge on any atom is 0.228 e. The number of amides is 1. The molecule has 2 aromatic rings. The van der Waals surface area contributed by atoms with E-state index >= 15 is 0 Å². The van der Waals surface area contributed by atoms with E-state index in [2.05, 4.69) is 15.3 Å². The summed E-state index contributed by atoms with van der Waals surface area (Å²) in [7, 11) is 1.97. The second-order valence-corrected chi connectivity index (χ2v) is 8.39. The third-order valence-electron chi connectivity index (χ3n) is 5.95. The van der Waals surface area contributed by atoms with Gasteiger partial charge in [-0.1, -0.05) is 29.8 Å². The van der Waals surface area contributed by atoms with Gasteiger partial charge in [-0.3, -0.25) is 14.7 Å². The predicted molar refractivity (Wildman–Crippen MR) is 126 cm³/mol. The van der Waals surface area contributed by atoms with E-state index in [1.165, 1.54) is 5.56 Å². The first-order valence-corrected chi connectivity index (χ1v) is 11.3. The van der Waals surface area contributed by atoms with E-state index in [1.54, 1.807) is 0 Å². The van der Waals surface area contributed by atoms with Crippen LogP contribution in [0.4, 0.5) is 5.69 Å². The van der Waals surface area contributed by atoms with Crippen LogP contribution < -0.4 is 10.1 Å². The van der Waals surface area contributed by atoms with E-state index in [0.29, 0.717) is 13.0 Å². The lowest BCUT2D eigenvalue weighted by atomic mass is 10.0. The number of nitrogens with one attached hydrogen (secondary N) is 1. The van der Waals surface area contributed by atoms with Gasteiger partial charge >= 0.3 is 0 Å². The number of benzene rings is 2. The SMILES string of the molecule is Cc1ccc(CC(=O)Nc2ccc(OCCN3CCOCC3)c(C3CC=NN3C)c2)cc1. The number of ether oxygens (including phenoxy) is 2. The van der Waals surface area contributed by atoms with Gasteiger partial charge in [-0.2, -0.15) is 5.10 Å². The molecule has 0 aromatic heterocycles. The Hall–Kier alpha value is -2.90. The Morgan fingerprint density at radius 1 is 1.19 bits per heavy atom. The first kappa shape index (κ1) is 22.3. The number of nitrogens with zero attached hydrogens (tertiary/aromatic N) is 3. The highest BCUT2D eigenvalue weighted by molar-refractivity contribution is 5.92. The first-order chi connectivity index (χ1) is 15.6. The molecule has 7 heteroatoms. The van der Waals surface area contributed by atoms with Crippen LogP contribution in [0, 0.1) is 6.92 Å². The highest BCUT2D eigenvalue weighted by Crippen LogP contribution is 2.35. The average Bonchev–Trinajstić information content (AvgIpc) is 3.22. The Bertz CT molecular complexity index is 939. The summed E-state index contributed by atoms with van der Waals surface area (Å²) < 4.78 is 11.6. The van der Waals surface area contributed by atoms with Crippen LogP contribution in [0.5, 0.6) is 5.75 Å². The molecule has 1 amide bonds. The molecule has 2 aliphatic rings. The molecule has 0 aliphatic carbocycles. The summed E-state index contributed by atoms with van der Waals surface area (Å²) in [6.45, 7) is 6.99. The molecule has 2 heterocycles. The Balaban J connectivity index is 1.42. The number of rotatable bonds is 8. The average molecular weight is 437 g/mol. The number of morpholine rings is 1. The normalized spacial score (nSPS) is 18.7. The number of hydrogen-bond acceptors (Lipinski definition) is 6. The first-order valence-electron chi connectivity index (χ1n) is 11.3. The fourth-order valence-corrected chi connectivity index (χ4v) is 4.06. The summed E-state index contributed by atoms with van der Waals surface area (Å²) in [6, 6.07) is 14.0. The van der Waals surface area contributed by atoms with Gasteiger partial charge in [0.15, 0.2) is 0 Å². The quantitative estimate of drug-likeness (QED) is 0.688. The standard InChI is InChI=1S/C25H32N4O3/c1-19-3-5-20(6-4-19)17-25(30)27-21-7-8-24(22(18-21)23-9-10-26-28(23)2)32-16-13-29-11-14-31-15-12-29/h3-8,10,18,23H,9,11-17H2,1-2H3,(H,27,30). The third-order valence-corrected chi connectivity index (χ3v) is 5.95. The predicted octanol–water partition coefficient (Wildman–Crippen LogP) is 3.25. The van der Waals surface area contributed by atoms with Gasteiger partial charge < -0.3 is 14.8 Å². The Morgan fingerprint density at radius 2 is 1.97 bits per heavy atom. The molecule has 32 heavy (non-hydrogen) atoms. The number of carbonyl (C=O) groups is 1. The number of carbonyl (C=O) groups excluding carboxylic acids is 1. The molecule has 1 unspecified atom stereocenters. The van der Waals surface area contributed by atoms with Crippen molar-refractivity contribution in [3.05, 3.63) is 59.2 Å². The molecule has 0 bridgehead atoms. The minimum atomic E-state index is -0.0307. The van der Waals surface area contributed by atoms with E-state index in [-0.39, 0.29) is 11.9 Å². The van der Waals surface area contributed by atoms with Gasteiger partial charge in [0, 0.05) is 50.6 Å². The molecule has 170 valence electrons. The monoisotopic (exact) mass is 436 g/mol. The molecule has 4 rings (SSSR count). The van der Waals surface area contributed by atoms with E-state index in [4.69, 9.17) is 9.47 Å². The van der Waals surface area contributed by atoms with E-state index in [9.17, 15) is 4.79 Å². The lowest BCUT2D eigenvalue weighted by Crippen LogP contribution is -2.38. The highest BCUT2D eigenvalue weighted by Gasteiger charge is 2.24. The van der Waals surface area contributed by atoms with Gasteiger partial charge in [0.05, 0.1) is 25.7 Å². The molecule has 1 atom stereocenters. The second kappa shape index (κ2) is 10.6. The molecule has 1 saturated heterocycles. The molecule has 0 saturated carbocycles. The fourth-order valence-electron chi connectivity index (χ4n) is 4.06. The zero-order valence-electron chi connectivity index (χ0n) is 18.9. The Kier molecular flexibility index (Phi) is 7.39. The molecule has 1 N–H and O–H groups in total. The van der Waals surface area contributed by atoms with Crippen LogP contribution in [-0.2, 0) is 16.0 Å². The second-order valence-electron chi connectivity index (χ2n) is 8.39. The van der Waals surface area contributed by atoms with Crippen molar-refractivity contribution < 1.29 is 14.3 Å². The molecule has 2 aliphatic heterocycles. The third kappa shape index (κ3) is 5.87. The molecule has 7 nitrogen and oxygen atoms in total. The van der Waals surface area contributed by atoms with Crippen LogP contribution in [0.2, 0.25) is 0 Å². The van der Waals surface area contributed by atoms with E-state index < -0.39 is 0 Å². The lowest BCUT2D eigenvalue weighted by Gasteiger charge is -2.27. The van der Waals surface area contributed by atoms with Crippen LogP contribution in [0.25, 0.3) is 0 Å². The molecule has 2 aromatic carbocycles. The number of hydrogen-bond donors (Lipinski definition) is 1. The molecular weight excluding hydrogens is 404 g/mol. The summed E-state index contributed by atoms with van der Waals surface area (Å²) in [4.78, 5) is 15.0. The molecule has 0 radical (unpaired) electrons. The van der Waals surface area contributed by atoms with Crippen molar-refractivity contribution in [2.24, 2.45) is 5.10 Å². The minimum absolute atomic E-state index is 0.0307. The lowest BCUT2D eigenvalue weighted by molar-refractivity contribution is -0.115. The Morgan fingerprint density at radius 3 is 2.69 bits per heavy atom. The fraction of sp³-hybridized carbons (Fsp3) is 0.440. The molecule has 1 fully saturated rings. The van der Waals surface area contributed by atoms with E-state index in [1.807, 2.05) is 67.7 Å². The highest BCUT2D eigenvalue weighted by atomic mass is 16.5. The molecular formula is C25H32N4O3. The van der Waals surface area contributed by atoms with Crippen LogP contribution >= 0.6 is 0 Å². The van der Waals surface area contributed by atoms with Crippen molar-refractivity contribution in [3.8, 4) is 5.75 Å². The summed E-state index contributed by atoms with van der Waals surface area (Å²) in [5.41, 5.74) is 4.00. The van der Waals surface area contributed by atoms with Gasteiger partial charge in [-0.25, -0.2) is 0 Å². The van der Waals surface area contributed by atoms with Crippen LogP contribution in [-0.4, -0.2) is 68.5 Å². The zero-order valence-corrected chi connectivity index (χ0v) is 18.9. The summed E-state index contributed by atoms with van der Waals surface area (Å²) >= 11 is 0. The smallest absolute Gasteiger partial charge is 0.228 e. The van der Waals surface area contributed by atoms with Crippen LogP contribution in [0.15, 0.2) is 47.6 Å². The van der Waals surface area contributed by atoms with E-state index in [0.717, 1.165) is 61.8 Å². The number of hydrazone groups is 1. The van der Waals surface area contributed by atoms with Crippen molar-refractivity contribution in [1.82, 2.24) is 9.91 Å². The van der Waals surface area contributed by atoms with Gasteiger partial charge in [-0.05, 0) is 30.7 Å². The van der Waals surface area contributed by atoms with Crippen LogP contribution in [0.3, 0.4) is 0 Å². The van der Waals surface area contributed by atoms with Crippen molar-refractivity contribution in [3.63, 3.8) is 0 Å². The topological polar surface area (TPSA) is 66.4 Å². The van der Waals surface area contributed by atoms with Gasteiger partial charge in [0.25, 0.3) is 0 Å². The minimum Gasteiger partial charge on any atom is -0.492 e. The van der Waals surface area contributed by atoms with Crippen molar-refractivity contribution in [2.75, 3.05) is 51.8 Å². The van der Waals surface area contributed by atoms with Crippen molar-refractivity contribution >= 4 is 17.8 Å². The van der Waals surface area contributed by atoms with Gasteiger partial charge in [-0.15, -0.1) is 0 Å². The maximum absolute atomic E-state index is 12.6. The Labute approximate surface area is 190 Å². The van der Waals surface area contributed by atoms with Gasteiger partial charge in [0.1, 0.15) is 12.4 Å². The van der Waals surface area contributed by atoms with Crippen molar-refractivity contribution in [2.45, 2.75) is 25.8 Å². The summed E-state index contributed by atoms with van der Waals surface area (Å²) in [5, 5.41) is 9.37. The van der Waals surface area contributed by atoms with Gasteiger partial charge in [0.2, 0.25) is 5.91 Å². The van der Waals surface area contributed by atoms with Crippen molar-refractivity contribution in [1.29, 1.82) is 0 Å². The summed E-state index contributed by atoms with van der Waals surface area (Å²) in [5.74, 6) is 0.814. The molecule has 0 spiro atoms. The maximum atomic E-state index is 12.6.